The Kier molecular flexibility index (Phi) is 7.54. The molecule has 2 nitrogen and oxygen atoms in total. The van der Waals surface area contributed by atoms with E-state index >= 15 is 0 Å². The van der Waals surface area contributed by atoms with Gasteiger partial charge in [0.25, 0.3) is 0 Å². The minimum absolute atomic E-state index is 1.11. The molecule has 5 rings (SSSR count). The van der Waals surface area contributed by atoms with Gasteiger partial charge in [0, 0.05) is 22.7 Å². The van der Waals surface area contributed by atoms with Crippen molar-refractivity contribution >= 4 is 22.7 Å². The van der Waals surface area contributed by atoms with E-state index in [2.05, 4.69) is 90.4 Å². The Morgan fingerprint density at radius 1 is 0.364 bits per heavy atom. The van der Waals surface area contributed by atoms with E-state index in [1.807, 2.05) is 66.7 Å². The quantitative estimate of drug-likeness (QED) is 0.292. The smallest absolute Gasteiger partial charge is 0.0386 e. The molecule has 162 valence electrons. The average molecular weight is 429 g/mol. The van der Waals surface area contributed by atoms with Crippen LogP contribution in [0.25, 0.3) is 11.1 Å². The number of hydrogen-bond acceptors (Lipinski definition) is 2. The molecule has 0 aliphatic rings. The van der Waals surface area contributed by atoms with Gasteiger partial charge in [0.05, 0.1) is 0 Å². The maximum Gasteiger partial charge on any atom is 0.0386 e. The molecule has 0 aliphatic carbocycles. The Balaban J connectivity index is 0.000000172. The van der Waals surface area contributed by atoms with Gasteiger partial charge in [-0.2, -0.15) is 0 Å². The van der Waals surface area contributed by atoms with E-state index in [9.17, 15) is 0 Å². The van der Waals surface area contributed by atoms with Crippen LogP contribution in [0.1, 0.15) is 5.56 Å². The van der Waals surface area contributed by atoms with E-state index < -0.39 is 0 Å². The SMILES string of the molecule is Cc1cccc(Nc2ccc(-c3ccccc3)cc2)c1.c1ccc(Nc2ccccc2)cc1. The normalized spacial score (nSPS) is 9.97. The molecule has 2 heteroatoms. The van der Waals surface area contributed by atoms with Crippen molar-refractivity contribution in [2.45, 2.75) is 6.92 Å². The lowest BCUT2D eigenvalue weighted by Crippen LogP contribution is -1.90. The molecule has 33 heavy (non-hydrogen) atoms. The minimum Gasteiger partial charge on any atom is -0.356 e. The molecule has 2 N–H and O–H groups in total. The van der Waals surface area contributed by atoms with E-state index in [-0.39, 0.29) is 0 Å². The van der Waals surface area contributed by atoms with Gasteiger partial charge in [-0.25, -0.2) is 0 Å². The van der Waals surface area contributed by atoms with E-state index in [4.69, 9.17) is 0 Å². The first-order chi connectivity index (χ1) is 16.3. The number of aryl methyl sites for hydroxylation is 1. The zero-order valence-electron chi connectivity index (χ0n) is 18.8. The molecule has 0 bridgehead atoms. The van der Waals surface area contributed by atoms with E-state index in [0.29, 0.717) is 0 Å². The van der Waals surface area contributed by atoms with Crippen LogP contribution in [0.2, 0.25) is 0 Å². The van der Waals surface area contributed by atoms with Crippen LogP contribution in [-0.4, -0.2) is 0 Å². The highest BCUT2D eigenvalue weighted by atomic mass is 14.9. The van der Waals surface area contributed by atoms with Gasteiger partial charge < -0.3 is 10.6 Å². The summed E-state index contributed by atoms with van der Waals surface area (Å²) < 4.78 is 0. The van der Waals surface area contributed by atoms with Crippen molar-refractivity contribution in [3.63, 3.8) is 0 Å². The highest BCUT2D eigenvalue weighted by Gasteiger charge is 1.98. The second-order valence-electron chi connectivity index (χ2n) is 7.79. The van der Waals surface area contributed by atoms with E-state index in [1.54, 1.807) is 0 Å². The maximum atomic E-state index is 3.42. The monoisotopic (exact) mass is 428 g/mol. The van der Waals surface area contributed by atoms with Crippen molar-refractivity contribution in [2.24, 2.45) is 0 Å². The third-order valence-corrected chi connectivity index (χ3v) is 5.14. The number of rotatable bonds is 5. The fourth-order valence-corrected chi connectivity index (χ4v) is 3.48. The zero-order chi connectivity index (χ0) is 22.7. The largest absolute Gasteiger partial charge is 0.356 e. The molecule has 0 saturated heterocycles. The van der Waals surface area contributed by atoms with Crippen molar-refractivity contribution in [1.82, 2.24) is 0 Å². The lowest BCUT2D eigenvalue weighted by molar-refractivity contribution is 1.45. The maximum absolute atomic E-state index is 3.42. The Morgan fingerprint density at radius 2 is 0.788 bits per heavy atom. The third kappa shape index (κ3) is 6.84. The van der Waals surface area contributed by atoms with Crippen LogP contribution < -0.4 is 10.6 Å². The van der Waals surface area contributed by atoms with Crippen molar-refractivity contribution in [3.05, 3.63) is 145 Å². The van der Waals surface area contributed by atoms with Gasteiger partial charge in [-0.1, -0.05) is 91.0 Å². The predicted octanol–water partition coefficient (Wildman–Crippen LogP) is 8.84. The van der Waals surface area contributed by atoms with Gasteiger partial charge in [-0.3, -0.25) is 0 Å². The summed E-state index contributed by atoms with van der Waals surface area (Å²) in [5.41, 5.74) is 8.21. The van der Waals surface area contributed by atoms with Gasteiger partial charge in [-0.05, 0) is 72.1 Å². The molecule has 0 aliphatic heterocycles. The van der Waals surface area contributed by atoms with Gasteiger partial charge >= 0.3 is 0 Å². The summed E-state index contributed by atoms with van der Waals surface area (Å²) in [6.45, 7) is 2.10. The van der Waals surface area contributed by atoms with Crippen molar-refractivity contribution in [3.8, 4) is 11.1 Å². The summed E-state index contributed by atoms with van der Waals surface area (Å²) >= 11 is 0. The van der Waals surface area contributed by atoms with Crippen LogP contribution in [-0.2, 0) is 0 Å². The predicted molar refractivity (Wildman–Crippen MR) is 143 cm³/mol. The van der Waals surface area contributed by atoms with Crippen molar-refractivity contribution in [2.75, 3.05) is 10.6 Å². The molecular weight excluding hydrogens is 400 g/mol. The molecule has 0 fully saturated rings. The fraction of sp³-hybridized carbons (Fsp3) is 0.0323. The van der Waals surface area contributed by atoms with Crippen molar-refractivity contribution < 1.29 is 0 Å². The molecule has 0 spiro atoms. The van der Waals surface area contributed by atoms with Gasteiger partial charge in [0.2, 0.25) is 0 Å². The Labute approximate surface area is 196 Å². The number of anilines is 4. The standard InChI is InChI=1S/C19H17N.C12H11N/c1-15-6-5-9-19(14-15)20-18-12-10-17(11-13-18)16-7-3-2-4-8-16;1-3-7-11(8-4-1)13-12-9-5-2-6-10-12/h2-14,20H,1H3;1-10,13H. The molecule has 0 unspecified atom stereocenters. The first kappa shape index (κ1) is 21.9. The molecule has 0 aromatic heterocycles. The fourth-order valence-electron chi connectivity index (χ4n) is 3.48. The number of benzene rings is 5. The molecule has 0 atom stereocenters. The lowest BCUT2D eigenvalue weighted by Gasteiger charge is -2.08. The second kappa shape index (κ2) is 11.4. The van der Waals surface area contributed by atoms with Crippen molar-refractivity contribution in [1.29, 1.82) is 0 Å². The molecule has 5 aromatic carbocycles. The number of para-hydroxylation sites is 2. The van der Waals surface area contributed by atoms with Crippen LogP contribution in [0.3, 0.4) is 0 Å². The highest BCUT2D eigenvalue weighted by molar-refractivity contribution is 5.68. The number of hydrogen-bond donors (Lipinski definition) is 2. The average Bonchev–Trinajstić information content (AvgIpc) is 2.87. The summed E-state index contributed by atoms with van der Waals surface area (Å²) in [4.78, 5) is 0. The Bertz CT molecular complexity index is 1200. The van der Waals surface area contributed by atoms with Crippen LogP contribution in [0, 0.1) is 6.92 Å². The Morgan fingerprint density at radius 3 is 1.33 bits per heavy atom. The summed E-state index contributed by atoms with van der Waals surface area (Å²) in [5, 5.41) is 6.73. The molecule has 5 aromatic rings. The highest BCUT2D eigenvalue weighted by Crippen LogP contribution is 2.23. The van der Waals surface area contributed by atoms with E-state index in [1.165, 1.54) is 16.7 Å². The van der Waals surface area contributed by atoms with Gasteiger partial charge in [0.15, 0.2) is 0 Å². The third-order valence-electron chi connectivity index (χ3n) is 5.14. The molecule has 0 heterocycles. The summed E-state index contributed by atoms with van der Waals surface area (Å²) in [7, 11) is 0. The van der Waals surface area contributed by atoms with Crippen LogP contribution in [0.5, 0.6) is 0 Å². The lowest BCUT2D eigenvalue weighted by atomic mass is 10.1. The van der Waals surface area contributed by atoms with Gasteiger partial charge in [-0.15, -0.1) is 0 Å². The van der Waals surface area contributed by atoms with Gasteiger partial charge in [0.1, 0.15) is 0 Å². The topological polar surface area (TPSA) is 24.1 Å². The van der Waals surface area contributed by atoms with E-state index in [0.717, 1.165) is 22.7 Å². The summed E-state index contributed by atoms with van der Waals surface area (Å²) in [6.07, 6.45) is 0. The number of nitrogens with one attached hydrogen (secondary N) is 2. The zero-order valence-corrected chi connectivity index (χ0v) is 18.8. The summed E-state index contributed by atoms with van der Waals surface area (Å²) in [5.74, 6) is 0. The van der Waals surface area contributed by atoms with Crippen LogP contribution >= 0.6 is 0 Å². The molecule has 0 saturated carbocycles. The molecule has 0 amide bonds. The van der Waals surface area contributed by atoms with Crippen LogP contribution in [0.4, 0.5) is 22.7 Å². The molecular formula is C31H28N2. The first-order valence-corrected chi connectivity index (χ1v) is 11.1. The first-order valence-electron chi connectivity index (χ1n) is 11.1. The molecule has 0 radical (unpaired) electrons. The minimum atomic E-state index is 1.11. The Hall–Kier alpha value is -4.30. The summed E-state index contributed by atoms with van der Waals surface area (Å²) in [6, 6.07) is 47.6. The second-order valence-corrected chi connectivity index (χ2v) is 7.79. The van der Waals surface area contributed by atoms with Crippen LogP contribution in [0.15, 0.2) is 140 Å².